The molecule has 1 aromatic rings. The Balaban J connectivity index is 2.26. The first-order valence-electron chi connectivity index (χ1n) is 9.48. The molecule has 1 fully saturated rings. The van der Waals surface area contributed by atoms with Crippen molar-refractivity contribution in [2.24, 2.45) is 7.05 Å². The van der Waals surface area contributed by atoms with Gasteiger partial charge >= 0.3 is 5.97 Å². The van der Waals surface area contributed by atoms with Crippen LogP contribution in [0.15, 0.2) is 0 Å². The summed E-state index contributed by atoms with van der Waals surface area (Å²) in [6.45, 7) is 6.60. The molecule has 150 valence electrons. The Hall–Kier alpha value is -2.15. The monoisotopic (exact) mass is 378 g/mol. The van der Waals surface area contributed by atoms with E-state index in [4.69, 9.17) is 9.47 Å². The van der Waals surface area contributed by atoms with Crippen LogP contribution in [0.25, 0.3) is 0 Å². The average molecular weight is 378 g/mol. The number of Topliss-reactive ketones (excluding diaryl/α,β-unsaturated/α-hetero) is 1. The van der Waals surface area contributed by atoms with Crippen molar-refractivity contribution in [3.63, 3.8) is 0 Å². The molecule has 7 nitrogen and oxygen atoms in total. The van der Waals surface area contributed by atoms with Crippen LogP contribution in [0.2, 0.25) is 0 Å². The van der Waals surface area contributed by atoms with E-state index in [0.29, 0.717) is 42.1 Å². The summed E-state index contributed by atoms with van der Waals surface area (Å²) in [5.74, 6) is -0.686. The molecule has 1 saturated heterocycles. The lowest BCUT2D eigenvalue weighted by atomic mass is 10.0. The molecule has 0 radical (unpaired) electrons. The van der Waals surface area contributed by atoms with Gasteiger partial charge in [-0.25, -0.2) is 4.79 Å². The summed E-state index contributed by atoms with van der Waals surface area (Å²) in [7, 11) is 3.05. The van der Waals surface area contributed by atoms with E-state index in [1.165, 1.54) is 7.11 Å². The summed E-state index contributed by atoms with van der Waals surface area (Å²) in [4.78, 5) is 39.2. The second-order valence-electron chi connectivity index (χ2n) is 7.07. The predicted molar refractivity (Wildman–Crippen MR) is 101 cm³/mol. The van der Waals surface area contributed by atoms with Crippen molar-refractivity contribution in [1.82, 2.24) is 9.47 Å². The molecule has 1 aliphatic rings. The molecule has 0 aliphatic carbocycles. The van der Waals surface area contributed by atoms with Crippen molar-refractivity contribution in [2.75, 3.05) is 26.8 Å². The number of aromatic nitrogens is 1. The van der Waals surface area contributed by atoms with Gasteiger partial charge in [0.15, 0.2) is 5.78 Å². The average Bonchev–Trinajstić information content (AvgIpc) is 3.21. The molecule has 0 bridgehead atoms. The molecule has 1 aliphatic heterocycles. The van der Waals surface area contributed by atoms with Gasteiger partial charge in [0, 0.05) is 37.9 Å². The van der Waals surface area contributed by atoms with Crippen LogP contribution in [0.3, 0.4) is 0 Å². The molecule has 0 spiro atoms. The highest BCUT2D eigenvalue weighted by atomic mass is 16.5. The number of carbonyl (C=O) groups excluding carboxylic acids is 3. The molecule has 7 heteroatoms. The Labute approximate surface area is 160 Å². The lowest BCUT2D eigenvalue weighted by Gasteiger charge is -2.25. The first kappa shape index (κ1) is 21.2. The minimum absolute atomic E-state index is 0.00893. The molecule has 1 aromatic heterocycles. The maximum Gasteiger partial charge on any atom is 0.354 e. The Morgan fingerprint density at radius 2 is 2.00 bits per heavy atom. The van der Waals surface area contributed by atoms with E-state index >= 15 is 0 Å². The third kappa shape index (κ3) is 4.58. The van der Waals surface area contributed by atoms with Gasteiger partial charge in [-0.1, -0.05) is 6.92 Å². The number of amides is 1. The molecule has 27 heavy (non-hydrogen) atoms. The fourth-order valence-corrected chi connectivity index (χ4v) is 3.69. The smallest absolute Gasteiger partial charge is 0.354 e. The number of nitrogens with zero attached hydrogens (tertiary/aromatic N) is 2. The second kappa shape index (κ2) is 9.17. The van der Waals surface area contributed by atoms with Crippen LogP contribution in [0.5, 0.6) is 0 Å². The highest BCUT2D eigenvalue weighted by Gasteiger charge is 2.29. The zero-order valence-electron chi connectivity index (χ0n) is 17.0. The van der Waals surface area contributed by atoms with Crippen LogP contribution >= 0.6 is 0 Å². The number of rotatable bonds is 8. The van der Waals surface area contributed by atoms with E-state index in [9.17, 15) is 14.4 Å². The van der Waals surface area contributed by atoms with Crippen molar-refractivity contribution in [2.45, 2.75) is 52.6 Å². The van der Waals surface area contributed by atoms with E-state index < -0.39 is 5.97 Å². The minimum Gasteiger partial charge on any atom is -0.464 e. The van der Waals surface area contributed by atoms with Crippen molar-refractivity contribution in [3.8, 4) is 0 Å². The highest BCUT2D eigenvalue weighted by molar-refractivity contribution is 6.04. The normalized spacial score (nSPS) is 16.4. The fourth-order valence-electron chi connectivity index (χ4n) is 3.69. The van der Waals surface area contributed by atoms with Crippen LogP contribution in [0.4, 0.5) is 0 Å². The van der Waals surface area contributed by atoms with Crippen molar-refractivity contribution < 1.29 is 23.9 Å². The number of hydrogen-bond acceptors (Lipinski definition) is 5. The predicted octanol–water partition coefficient (Wildman–Crippen LogP) is 2.42. The molecule has 2 rings (SSSR count). The fraction of sp³-hybridized carbons (Fsp3) is 0.650. The van der Waals surface area contributed by atoms with Gasteiger partial charge in [-0.15, -0.1) is 0 Å². The lowest BCUT2D eigenvalue weighted by molar-refractivity contribution is -0.132. The molecule has 1 atom stereocenters. The SMILES string of the molecule is CCCC(=O)N(CC(=O)c1c(C)c(C(=O)OC)n(C)c1C)C[C@@H]1CCCO1. The van der Waals surface area contributed by atoms with Gasteiger partial charge in [0.25, 0.3) is 0 Å². The van der Waals surface area contributed by atoms with E-state index in [2.05, 4.69) is 0 Å². The maximum absolute atomic E-state index is 13.1. The minimum atomic E-state index is -0.476. The summed E-state index contributed by atoms with van der Waals surface area (Å²) < 4.78 is 12.2. The number of esters is 1. The summed E-state index contributed by atoms with van der Waals surface area (Å²) in [6.07, 6.45) is 3.00. The topological polar surface area (TPSA) is 77.8 Å². The van der Waals surface area contributed by atoms with E-state index in [-0.39, 0.29) is 24.3 Å². The largest absolute Gasteiger partial charge is 0.464 e. The number of ketones is 1. The summed E-state index contributed by atoms with van der Waals surface area (Å²) in [5.41, 5.74) is 2.13. The number of hydrogen-bond donors (Lipinski definition) is 0. The Kier molecular flexibility index (Phi) is 7.18. The van der Waals surface area contributed by atoms with Crippen LogP contribution in [-0.4, -0.2) is 60.0 Å². The zero-order valence-corrected chi connectivity index (χ0v) is 17.0. The molecular weight excluding hydrogens is 348 g/mol. The van der Waals surface area contributed by atoms with Crippen LogP contribution in [0.1, 0.15) is 64.7 Å². The third-order valence-corrected chi connectivity index (χ3v) is 5.19. The standard InChI is InChI=1S/C20H30N2O5/c1-6-8-17(24)22(11-15-9-7-10-27-15)12-16(23)18-13(2)19(20(25)26-5)21(4)14(18)3/h15H,6-12H2,1-5H3/t15-/m0/s1. The van der Waals surface area contributed by atoms with Gasteiger partial charge in [-0.05, 0) is 38.7 Å². The van der Waals surface area contributed by atoms with Crippen molar-refractivity contribution in [3.05, 3.63) is 22.5 Å². The van der Waals surface area contributed by atoms with Crippen LogP contribution in [-0.2, 0) is 21.3 Å². The second-order valence-corrected chi connectivity index (χ2v) is 7.07. The van der Waals surface area contributed by atoms with Crippen molar-refractivity contribution in [1.29, 1.82) is 0 Å². The molecule has 0 saturated carbocycles. The zero-order chi connectivity index (χ0) is 20.1. The first-order valence-corrected chi connectivity index (χ1v) is 9.48. The lowest BCUT2D eigenvalue weighted by Crippen LogP contribution is -2.40. The third-order valence-electron chi connectivity index (χ3n) is 5.19. The van der Waals surface area contributed by atoms with Gasteiger partial charge in [-0.2, -0.15) is 0 Å². The molecule has 0 N–H and O–H groups in total. The number of carbonyl (C=O) groups is 3. The Morgan fingerprint density at radius 1 is 1.30 bits per heavy atom. The summed E-state index contributed by atoms with van der Waals surface area (Å²) in [5, 5.41) is 0. The first-order chi connectivity index (χ1) is 12.8. The van der Waals surface area contributed by atoms with E-state index in [0.717, 1.165) is 19.3 Å². The Morgan fingerprint density at radius 3 is 2.56 bits per heavy atom. The maximum atomic E-state index is 13.1. The number of ether oxygens (including phenoxy) is 2. The number of methoxy groups -OCH3 is 1. The molecular formula is C20H30N2O5. The van der Waals surface area contributed by atoms with Crippen molar-refractivity contribution >= 4 is 17.7 Å². The van der Waals surface area contributed by atoms with E-state index in [1.807, 2.05) is 6.92 Å². The van der Waals surface area contributed by atoms with Gasteiger partial charge in [0.2, 0.25) is 5.91 Å². The molecule has 2 heterocycles. The Bertz CT molecular complexity index is 716. The van der Waals surface area contributed by atoms with Crippen LogP contribution < -0.4 is 0 Å². The van der Waals surface area contributed by atoms with Gasteiger partial charge in [-0.3, -0.25) is 9.59 Å². The van der Waals surface area contributed by atoms with Gasteiger partial charge < -0.3 is 18.9 Å². The van der Waals surface area contributed by atoms with Gasteiger partial charge in [0.1, 0.15) is 5.69 Å². The molecule has 1 amide bonds. The van der Waals surface area contributed by atoms with Gasteiger partial charge in [0.05, 0.1) is 19.8 Å². The summed E-state index contributed by atoms with van der Waals surface area (Å²) >= 11 is 0. The summed E-state index contributed by atoms with van der Waals surface area (Å²) in [6, 6.07) is 0. The molecule has 0 unspecified atom stereocenters. The van der Waals surface area contributed by atoms with Crippen LogP contribution in [0, 0.1) is 13.8 Å². The molecule has 0 aromatic carbocycles. The highest BCUT2D eigenvalue weighted by Crippen LogP contribution is 2.23. The quantitative estimate of drug-likeness (QED) is 0.513. The van der Waals surface area contributed by atoms with E-state index in [1.54, 1.807) is 30.4 Å².